The number of nitrogens with one attached hydrogen (secondary N) is 1. The summed E-state index contributed by atoms with van der Waals surface area (Å²) >= 11 is 0. The van der Waals surface area contributed by atoms with Crippen LogP contribution < -0.4 is 14.8 Å². The summed E-state index contributed by atoms with van der Waals surface area (Å²) in [5.41, 5.74) is 5.83. The highest BCUT2D eigenvalue weighted by molar-refractivity contribution is 5.93. The Hall–Kier alpha value is -4.13. The molecule has 2 heterocycles. The molecule has 5 aromatic rings. The summed E-state index contributed by atoms with van der Waals surface area (Å²) in [6.07, 6.45) is 0.815. The fourth-order valence-electron chi connectivity index (χ4n) is 4.17. The number of anilines is 1. The first kappa shape index (κ1) is 22.7. The maximum Gasteiger partial charge on any atom is 0.186 e. The average Bonchev–Trinajstić information content (AvgIpc) is 3.30. The van der Waals surface area contributed by atoms with Gasteiger partial charge in [0.05, 0.1) is 18.7 Å². The van der Waals surface area contributed by atoms with E-state index in [1.54, 1.807) is 0 Å². The first-order chi connectivity index (χ1) is 17.2. The van der Waals surface area contributed by atoms with Crippen LogP contribution >= 0.6 is 0 Å². The molecule has 2 aromatic heterocycles. The van der Waals surface area contributed by atoms with Crippen molar-refractivity contribution in [1.29, 1.82) is 0 Å². The summed E-state index contributed by atoms with van der Waals surface area (Å²) in [4.78, 5) is 4.96. The number of para-hydroxylation sites is 1. The van der Waals surface area contributed by atoms with Gasteiger partial charge in [0.1, 0.15) is 11.5 Å². The van der Waals surface area contributed by atoms with Crippen LogP contribution in [0.5, 0.6) is 11.5 Å². The monoisotopic (exact) mass is 467 g/mol. The van der Waals surface area contributed by atoms with Crippen molar-refractivity contribution in [2.75, 3.05) is 25.1 Å². The number of hydrogen-bond donors (Lipinski definition) is 1. The Morgan fingerprint density at radius 3 is 2.46 bits per heavy atom. The van der Waals surface area contributed by atoms with Crippen LogP contribution in [0.3, 0.4) is 0 Å². The summed E-state index contributed by atoms with van der Waals surface area (Å²) in [5.74, 6) is 2.38. The Labute approximate surface area is 204 Å². The van der Waals surface area contributed by atoms with Gasteiger partial charge in [-0.2, -0.15) is 4.52 Å². The second-order valence-electron chi connectivity index (χ2n) is 8.34. The Balaban J connectivity index is 1.44. The molecule has 0 unspecified atom stereocenters. The van der Waals surface area contributed by atoms with Crippen molar-refractivity contribution in [3.8, 4) is 22.8 Å². The third-order valence-electron chi connectivity index (χ3n) is 5.89. The lowest BCUT2D eigenvalue weighted by molar-refractivity contribution is 0.287. The van der Waals surface area contributed by atoms with Crippen LogP contribution in [0.2, 0.25) is 0 Å². The predicted octanol–water partition coefficient (Wildman–Crippen LogP) is 5.70. The van der Waals surface area contributed by atoms with E-state index in [0.29, 0.717) is 19.8 Å². The molecule has 0 aliphatic carbocycles. The van der Waals surface area contributed by atoms with E-state index in [-0.39, 0.29) is 0 Å². The number of aryl methyl sites for hydroxylation is 1. The third-order valence-corrected chi connectivity index (χ3v) is 5.89. The largest absolute Gasteiger partial charge is 0.490 e. The van der Waals surface area contributed by atoms with Gasteiger partial charge in [0.2, 0.25) is 0 Å². The van der Waals surface area contributed by atoms with Gasteiger partial charge in [-0.1, -0.05) is 53.2 Å². The summed E-state index contributed by atoms with van der Waals surface area (Å²) in [6, 6.07) is 22.5. The molecule has 0 amide bonds. The highest BCUT2D eigenvalue weighted by atomic mass is 16.5. The minimum absolute atomic E-state index is 0.598. The van der Waals surface area contributed by atoms with E-state index in [0.717, 1.165) is 51.5 Å². The molecule has 0 saturated heterocycles. The normalized spacial score (nSPS) is 11.2. The van der Waals surface area contributed by atoms with Crippen molar-refractivity contribution in [2.24, 2.45) is 0 Å². The summed E-state index contributed by atoms with van der Waals surface area (Å²) in [6.45, 7) is 7.95. The molecule has 7 heteroatoms. The lowest BCUT2D eigenvalue weighted by atomic mass is 10.1. The van der Waals surface area contributed by atoms with Crippen molar-refractivity contribution < 1.29 is 9.47 Å². The number of benzene rings is 3. The van der Waals surface area contributed by atoms with Crippen LogP contribution in [0.25, 0.3) is 27.8 Å². The molecule has 0 radical (unpaired) electrons. The van der Waals surface area contributed by atoms with Gasteiger partial charge in [0.15, 0.2) is 17.1 Å². The van der Waals surface area contributed by atoms with Crippen molar-refractivity contribution in [3.63, 3.8) is 0 Å². The SMILES string of the molecule is CCOc1ccc(CCNc2nc3c(-c4ccc(C)cc4)nnn3c3ccccc23)cc1OCC. The zero-order valence-corrected chi connectivity index (χ0v) is 20.3. The number of rotatable bonds is 9. The van der Waals surface area contributed by atoms with E-state index in [4.69, 9.17) is 14.5 Å². The smallest absolute Gasteiger partial charge is 0.186 e. The average molecular weight is 468 g/mol. The van der Waals surface area contributed by atoms with Crippen molar-refractivity contribution in [2.45, 2.75) is 27.2 Å². The molecule has 0 saturated carbocycles. The maximum atomic E-state index is 5.78. The van der Waals surface area contributed by atoms with Crippen LogP contribution in [0.1, 0.15) is 25.0 Å². The minimum Gasteiger partial charge on any atom is -0.490 e. The van der Waals surface area contributed by atoms with Crippen LogP contribution in [0, 0.1) is 6.92 Å². The maximum absolute atomic E-state index is 5.78. The number of ether oxygens (including phenoxy) is 2. The van der Waals surface area contributed by atoms with Gasteiger partial charge in [-0.25, -0.2) is 4.98 Å². The zero-order chi connectivity index (χ0) is 24.2. The van der Waals surface area contributed by atoms with Crippen molar-refractivity contribution in [1.82, 2.24) is 19.8 Å². The van der Waals surface area contributed by atoms with Crippen LogP contribution in [-0.2, 0) is 6.42 Å². The molecule has 5 rings (SSSR count). The Morgan fingerprint density at radius 1 is 0.886 bits per heavy atom. The molecular weight excluding hydrogens is 438 g/mol. The Bertz CT molecular complexity index is 1460. The van der Waals surface area contributed by atoms with Gasteiger partial charge in [-0.15, -0.1) is 5.10 Å². The van der Waals surface area contributed by atoms with Gasteiger partial charge >= 0.3 is 0 Å². The van der Waals surface area contributed by atoms with Crippen molar-refractivity contribution in [3.05, 3.63) is 77.9 Å². The second kappa shape index (κ2) is 10.0. The van der Waals surface area contributed by atoms with Crippen LogP contribution in [-0.4, -0.2) is 39.6 Å². The van der Waals surface area contributed by atoms with E-state index >= 15 is 0 Å². The minimum atomic E-state index is 0.598. The fourth-order valence-corrected chi connectivity index (χ4v) is 4.17. The molecule has 0 aliphatic rings. The highest BCUT2D eigenvalue weighted by Crippen LogP contribution is 2.30. The Kier molecular flexibility index (Phi) is 6.48. The number of aromatic nitrogens is 4. The standard InChI is InChI=1S/C28H29N5O2/c1-4-34-24-15-12-20(18-25(24)35-5-2)16-17-29-27-22-8-6-7-9-23(22)33-28(30-27)26(31-32-33)21-13-10-19(3)11-14-21/h6-15,18H,4-5,16-17H2,1-3H3,(H,29,30). The van der Waals surface area contributed by atoms with Gasteiger partial charge in [0, 0.05) is 17.5 Å². The summed E-state index contributed by atoms with van der Waals surface area (Å²) < 4.78 is 13.3. The summed E-state index contributed by atoms with van der Waals surface area (Å²) in [5, 5.41) is 13.4. The van der Waals surface area contributed by atoms with Gasteiger partial charge < -0.3 is 14.8 Å². The fraction of sp³-hybridized carbons (Fsp3) is 0.250. The van der Waals surface area contributed by atoms with E-state index < -0.39 is 0 Å². The molecule has 0 spiro atoms. The summed E-state index contributed by atoms with van der Waals surface area (Å²) in [7, 11) is 0. The first-order valence-corrected chi connectivity index (χ1v) is 12.0. The van der Waals surface area contributed by atoms with Crippen LogP contribution in [0.15, 0.2) is 66.7 Å². The number of nitrogens with zero attached hydrogens (tertiary/aromatic N) is 4. The van der Waals surface area contributed by atoms with Crippen molar-refractivity contribution >= 4 is 22.4 Å². The number of fused-ring (bicyclic) bond motifs is 3. The van der Waals surface area contributed by atoms with E-state index in [1.165, 1.54) is 11.1 Å². The molecule has 0 atom stereocenters. The van der Waals surface area contributed by atoms with Crippen LogP contribution in [0.4, 0.5) is 5.82 Å². The van der Waals surface area contributed by atoms with Gasteiger partial charge in [-0.05, 0) is 57.0 Å². The second-order valence-corrected chi connectivity index (χ2v) is 8.34. The quantitative estimate of drug-likeness (QED) is 0.300. The van der Waals surface area contributed by atoms with Gasteiger partial charge in [-0.3, -0.25) is 0 Å². The Morgan fingerprint density at radius 2 is 1.66 bits per heavy atom. The van der Waals surface area contributed by atoms with E-state index in [2.05, 4.69) is 65.0 Å². The zero-order valence-electron chi connectivity index (χ0n) is 20.3. The molecule has 1 N–H and O–H groups in total. The van der Waals surface area contributed by atoms with E-state index in [1.807, 2.05) is 42.6 Å². The molecule has 0 bridgehead atoms. The topological polar surface area (TPSA) is 73.6 Å². The predicted molar refractivity (Wildman–Crippen MR) is 139 cm³/mol. The molecule has 178 valence electrons. The molecule has 3 aromatic carbocycles. The van der Waals surface area contributed by atoms with E-state index in [9.17, 15) is 0 Å². The lowest BCUT2D eigenvalue weighted by Crippen LogP contribution is -2.09. The third kappa shape index (κ3) is 4.62. The molecular formula is C28H29N5O2. The molecule has 35 heavy (non-hydrogen) atoms. The molecule has 0 fully saturated rings. The van der Waals surface area contributed by atoms with Gasteiger partial charge in [0.25, 0.3) is 0 Å². The first-order valence-electron chi connectivity index (χ1n) is 12.0. The number of hydrogen-bond acceptors (Lipinski definition) is 6. The molecule has 0 aliphatic heterocycles. The molecule has 7 nitrogen and oxygen atoms in total. The highest BCUT2D eigenvalue weighted by Gasteiger charge is 2.15. The lowest BCUT2D eigenvalue weighted by Gasteiger charge is -2.13.